The quantitative estimate of drug-likeness (QED) is 0.208. The van der Waals surface area contributed by atoms with Crippen molar-refractivity contribution in [2.45, 2.75) is 18.0 Å². The fourth-order valence-corrected chi connectivity index (χ4v) is 7.60. The minimum atomic E-state index is -1.54. The fraction of sp³-hybridized carbons (Fsp3) is 0.156. The molecule has 1 saturated heterocycles. The molecule has 3 aromatic carbocycles. The lowest BCUT2D eigenvalue weighted by molar-refractivity contribution is 0.0666. The van der Waals surface area contributed by atoms with Gasteiger partial charge in [-0.05, 0) is 52.9 Å². The van der Waals surface area contributed by atoms with Crippen LogP contribution in [0.25, 0.3) is 6.08 Å². The first kappa shape index (κ1) is 24.1. The monoisotopic (exact) mass is 551 g/mol. The first-order valence-electron chi connectivity index (χ1n) is 12.6. The highest BCUT2D eigenvalue weighted by molar-refractivity contribution is 7.12. The molecule has 0 bridgehead atoms. The molecule has 3 heterocycles. The zero-order valence-electron chi connectivity index (χ0n) is 20.8. The lowest BCUT2D eigenvalue weighted by Gasteiger charge is -2.37. The van der Waals surface area contributed by atoms with Crippen LogP contribution >= 0.6 is 22.9 Å². The van der Waals surface area contributed by atoms with Crippen LogP contribution in [0.3, 0.4) is 0 Å². The summed E-state index contributed by atoms with van der Waals surface area (Å²) in [6, 6.07) is 22.0. The van der Waals surface area contributed by atoms with Gasteiger partial charge in [0.2, 0.25) is 0 Å². The number of ether oxygens (including phenoxy) is 1. The van der Waals surface area contributed by atoms with Crippen LogP contribution in [0.15, 0.2) is 90.3 Å². The molecule has 3 aliphatic rings. The van der Waals surface area contributed by atoms with Crippen LogP contribution in [0.5, 0.6) is 5.75 Å². The van der Waals surface area contributed by atoms with Crippen LogP contribution in [0.4, 0.5) is 5.69 Å². The predicted molar refractivity (Wildman–Crippen MR) is 152 cm³/mol. The highest BCUT2D eigenvalue weighted by Crippen LogP contribution is 2.61. The maximum atomic E-state index is 14.6. The van der Waals surface area contributed by atoms with E-state index in [0.717, 1.165) is 11.3 Å². The maximum absolute atomic E-state index is 14.6. The third kappa shape index (κ3) is 3.22. The third-order valence-corrected chi connectivity index (χ3v) is 9.37. The van der Waals surface area contributed by atoms with E-state index in [4.69, 9.17) is 16.3 Å². The molecular weight excluding hydrogens is 530 g/mol. The second-order valence-corrected chi connectivity index (χ2v) is 11.4. The zero-order valence-corrected chi connectivity index (χ0v) is 22.4. The van der Waals surface area contributed by atoms with E-state index >= 15 is 0 Å². The van der Waals surface area contributed by atoms with Crippen molar-refractivity contribution in [1.82, 2.24) is 0 Å². The summed E-state index contributed by atoms with van der Waals surface area (Å²) in [7, 11) is 1.57. The number of ketones is 3. The number of anilines is 1. The molecule has 1 fully saturated rings. The zero-order chi connectivity index (χ0) is 26.9. The van der Waals surface area contributed by atoms with Gasteiger partial charge in [-0.15, -0.1) is 11.3 Å². The van der Waals surface area contributed by atoms with E-state index in [2.05, 4.69) is 0 Å². The van der Waals surface area contributed by atoms with Crippen molar-refractivity contribution in [3.63, 3.8) is 0 Å². The summed E-state index contributed by atoms with van der Waals surface area (Å²) in [4.78, 5) is 46.2. The molecule has 0 unspecified atom stereocenters. The largest absolute Gasteiger partial charge is 0.497 e. The van der Waals surface area contributed by atoms with Crippen molar-refractivity contribution in [3.05, 3.63) is 122 Å². The summed E-state index contributed by atoms with van der Waals surface area (Å²) in [6.45, 7) is 0. The Hall–Kier alpha value is -4.00. The molecular formula is C32H22ClNO4S. The number of rotatable bonds is 4. The van der Waals surface area contributed by atoms with Crippen LogP contribution < -0.4 is 9.64 Å². The Morgan fingerprint density at radius 2 is 1.72 bits per heavy atom. The minimum absolute atomic E-state index is 0.132. The van der Waals surface area contributed by atoms with Gasteiger partial charge in [0.15, 0.2) is 17.3 Å². The van der Waals surface area contributed by atoms with E-state index in [1.807, 2.05) is 64.9 Å². The van der Waals surface area contributed by atoms with E-state index in [9.17, 15) is 14.4 Å². The van der Waals surface area contributed by atoms with E-state index in [1.54, 1.807) is 43.5 Å². The normalized spacial score (nSPS) is 22.1. The Morgan fingerprint density at radius 3 is 2.41 bits per heavy atom. The summed E-state index contributed by atoms with van der Waals surface area (Å²) in [6.07, 6.45) is 3.81. The first-order chi connectivity index (χ1) is 19.0. The standard InChI is InChI=1S/C32H22ClNO4S/c1-38-21-7-4-6-19(17-21)27-28(29(35)25-10-5-15-39-25)34-24-13-12-20(33)16-18(24)11-14-26(34)32(27)30(36)22-8-2-3-9-23(22)31(32)37/h2-17,26-28H,1H3/t26-,27+,28+/m0/s1. The number of carbonyl (C=O) groups is 3. The van der Waals surface area contributed by atoms with Gasteiger partial charge >= 0.3 is 0 Å². The van der Waals surface area contributed by atoms with Crippen molar-refractivity contribution < 1.29 is 19.1 Å². The van der Waals surface area contributed by atoms with Crippen LogP contribution in [-0.4, -0.2) is 36.5 Å². The van der Waals surface area contributed by atoms with Gasteiger partial charge in [-0.25, -0.2) is 0 Å². The van der Waals surface area contributed by atoms with Gasteiger partial charge < -0.3 is 9.64 Å². The summed E-state index contributed by atoms with van der Waals surface area (Å²) in [5, 5.41) is 2.43. The van der Waals surface area contributed by atoms with Gasteiger partial charge in [-0.3, -0.25) is 14.4 Å². The number of hydrogen-bond acceptors (Lipinski definition) is 6. The molecule has 4 aromatic rings. The molecule has 0 N–H and O–H groups in total. The number of thiophene rings is 1. The van der Waals surface area contributed by atoms with Gasteiger partial charge in [0.25, 0.3) is 0 Å². The molecule has 0 saturated carbocycles. The highest BCUT2D eigenvalue weighted by atomic mass is 35.5. The van der Waals surface area contributed by atoms with Gasteiger partial charge in [0.05, 0.1) is 18.0 Å². The molecule has 192 valence electrons. The van der Waals surface area contributed by atoms with E-state index < -0.39 is 23.4 Å². The summed E-state index contributed by atoms with van der Waals surface area (Å²) < 4.78 is 5.54. The van der Waals surface area contributed by atoms with Crippen molar-refractivity contribution in [3.8, 4) is 5.75 Å². The molecule has 1 aliphatic carbocycles. The Balaban J connectivity index is 1.56. The lowest BCUT2D eigenvalue weighted by atomic mass is 9.64. The number of nitrogens with zero attached hydrogens (tertiary/aromatic N) is 1. The van der Waals surface area contributed by atoms with Crippen LogP contribution in [0.1, 0.15) is 47.4 Å². The molecule has 3 atom stereocenters. The lowest BCUT2D eigenvalue weighted by Crippen LogP contribution is -2.48. The second-order valence-electron chi connectivity index (χ2n) is 10.0. The number of benzene rings is 3. The van der Waals surface area contributed by atoms with E-state index in [0.29, 0.717) is 32.3 Å². The van der Waals surface area contributed by atoms with Gasteiger partial charge in [0, 0.05) is 27.8 Å². The average Bonchev–Trinajstić information content (AvgIpc) is 3.66. The van der Waals surface area contributed by atoms with Gasteiger partial charge in [0.1, 0.15) is 17.2 Å². The van der Waals surface area contributed by atoms with Gasteiger partial charge in [-0.2, -0.15) is 0 Å². The van der Waals surface area contributed by atoms with Crippen molar-refractivity contribution in [2.24, 2.45) is 5.41 Å². The smallest absolute Gasteiger partial charge is 0.195 e. The number of Topliss-reactive ketones (excluding diaryl/α,β-unsaturated/α-hetero) is 3. The van der Waals surface area contributed by atoms with Crippen LogP contribution in [0, 0.1) is 5.41 Å². The maximum Gasteiger partial charge on any atom is 0.195 e. The Labute approximate surface area is 234 Å². The SMILES string of the molecule is COc1cccc([C@@H]2[C@H](C(=O)c3cccs3)N3c4ccc(Cl)cc4C=C[C@H]3C23C(=O)c2ccccc2C3=O)c1. The van der Waals surface area contributed by atoms with E-state index in [1.165, 1.54) is 11.3 Å². The average molecular weight is 552 g/mol. The molecule has 5 nitrogen and oxygen atoms in total. The molecule has 2 aliphatic heterocycles. The number of methoxy groups -OCH3 is 1. The molecule has 7 heteroatoms. The molecule has 39 heavy (non-hydrogen) atoms. The summed E-state index contributed by atoms with van der Waals surface area (Å²) in [5.41, 5.74) is 1.56. The number of hydrogen-bond donors (Lipinski definition) is 0. The topological polar surface area (TPSA) is 63.7 Å². The Kier molecular flexibility index (Phi) is 5.41. The minimum Gasteiger partial charge on any atom is -0.497 e. The Bertz CT molecular complexity index is 1670. The van der Waals surface area contributed by atoms with Crippen molar-refractivity contribution in [1.29, 1.82) is 0 Å². The first-order valence-corrected chi connectivity index (χ1v) is 13.9. The number of fused-ring (bicyclic) bond motifs is 5. The van der Waals surface area contributed by atoms with Gasteiger partial charge in [-0.1, -0.05) is 66.2 Å². The van der Waals surface area contributed by atoms with Crippen molar-refractivity contribution >= 4 is 52.1 Å². The molecule has 7 rings (SSSR count). The Morgan fingerprint density at radius 1 is 0.949 bits per heavy atom. The number of carbonyl (C=O) groups excluding carboxylic acids is 3. The molecule has 1 spiro atoms. The summed E-state index contributed by atoms with van der Waals surface area (Å²) in [5.74, 6) is -0.824. The predicted octanol–water partition coefficient (Wildman–Crippen LogP) is 6.73. The number of halogens is 1. The molecule has 1 aromatic heterocycles. The van der Waals surface area contributed by atoms with Crippen molar-refractivity contribution in [2.75, 3.05) is 12.0 Å². The van der Waals surface area contributed by atoms with Crippen LogP contribution in [-0.2, 0) is 0 Å². The fourth-order valence-electron chi connectivity index (χ4n) is 6.72. The van der Waals surface area contributed by atoms with Crippen LogP contribution in [0.2, 0.25) is 5.02 Å². The van der Waals surface area contributed by atoms with E-state index in [-0.39, 0.29) is 17.3 Å². The molecule has 0 radical (unpaired) electrons. The second kappa shape index (κ2) is 8.76. The molecule has 0 amide bonds. The third-order valence-electron chi connectivity index (χ3n) is 8.25. The summed E-state index contributed by atoms with van der Waals surface area (Å²) >= 11 is 7.70. The highest BCUT2D eigenvalue weighted by Gasteiger charge is 2.71.